The van der Waals surface area contributed by atoms with Crippen LogP contribution in [0.4, 0.5) is 4.39 Å². The summed E-state index contributed by atoms with van der Waals surface area (Å²) in [6.07, 6.45) is 0. The van der Waals surface area contributed by atoms with E-state index in [1.807, 2.05) is 36.4 Å². The lowest BCUT2D eigenvalue weighted by atomic mass is 10.0. The molecule has 3 rings (SSSR count). The van der Waals surface area contributed by atoms with Gasteiger partial charge < -0.3 is 10.5 Å². The Hall–Kier alpha value is -2.39. The quantitative estimate of drug-likeness (QED) is 0.770. The Morgan fingerprint density at radius 2 is 1.50 bits per heavy atom. The van der Waals surface area contributed by atoms with Crippen molar-refractivity contribution in [3.63, 3.8) is 0 Å². The molecule has 0 aromatic heterocycles. The highest BCUT2D eigenvalue weighted by Gasteiger charge is 2.08. The van der Waals surface area contributed by atoms with E-state index in [4.69, 9.17) is 10.5 Å². The van der Waals surface area contributed by atoms with Crippen LogP contribution in [-0.4, -0.2) is 0 Å². The van der Waals surface area contributed by atoms with Crippen LogP contribution in [0.1, 0.15) is 5.56 Å². The molecule has 3 aromatic rings. The Morgan fingerprint density at radius 3 is 2.25 bits per heavy atom. The van der Waals surface area contributed by atoms with Gasteiger partial charge in [0.05, 0.1) is 0 Å². The molecule has 2 N–H and O–H groups in total. The molecule has 0 amide bonds. The van der Waals surface area contributed by atoms with Crippen LogP contribution < -0.4 is 10.5 Å². The first kappa shape index (κ1) is 12.6. The number of benzene rings is 3. The van der Waals surface area contributed by atoms with E-state index in [9.17, 15) is 4.39 Å². The van der Waals surface area contributed by atoms with Crippen LogP contribution in [0, 0.1) is 5.82 Å². The molecule has 3 aromatic carbocycles. The standard InChI is InChI=1S/C17H14FNO/c18-15-7-3-4-8-17(15)20-16-10-9-12(11-19)13-5-1-2-6-14(13)16/h1-10H,11,19H2. The molecule has 0 heterocycles. The highest BCUT2D eigenvalue weighted by atomic mass is 19.1. The summed E-state index contributed by atoms with van der Waals surface area (Å²) < 4.78 is 19.4. The van der Waals surface area contributed by atoms with Gasteiger partial charge in [0.2, 0.25) is 0 Å². The van der Waals surface area contributed by atoms with E-state index < -0.39 is 0 Å². The van der Waals surface area contributed by atoms with E-state index in [0.29, 0.717) is 12.3 Å². The molecule has 0 unspecified atom stereocenters. The fraction of sp³-hybridized carbons (Fsp3) is 0.0588. The van der Waals surface area contributed by atoms with Crippen molar-refractivity contribution in [2.75, 3.05) is 0 Å². The highest BCUT2D eigenvalue weighted by molar-refractivity contribution is 5.91. The number of rotatable bonds is 3. The summed E-state index contributed by atoms with van der Waals surface area (Å²) in [5, 5.41) is 1.96. The predicted molar refractivity (Wildman–Crippen MR) is 78.3 cm³/mol. The molecule has 0 fully saturated rings. The van der Waals surface area contributed by atoms with Gasteiger partial charge >= 0.3 is 0 Å². The summed E-state index contributed by atoms with van der Waals surface area (Å²) in [6.45, 7) is 0.459. The van der Waals surface area contributed by atoms with Gasteiger partial charge in [0.25, 0.3) is 0 Å². The Morgan fingerprint density at radius 1 is 0.800 bits per heavy atom. The molecular formula is C17H14FNO. The Bertz CT molecular complexity index is 755. The Balaban J connectivity index is 2.11. The summed E-state index contributed by atoms with van der Waals surface area (Å²) >= 11 is 0. The van der Waals surface area contributed by atoms with Gasteiger partial charge in [0, 0.05) is 11.9 Å². The topological polar surface area (TPSA) is 35.2 Å². The summed E-state index contributed by atoms with van der Waals surface area (Å²) in [7, 11) is 0. The highest BCUT2D eigenvalue weighted by Crippen LogP contribution is 2.32. The second-order valence-electron chi connectivity index (χ2n) is 4.51. The lowest BCUT2D eigenvalue weighted by Gasteiger charge is -2.12. The molecule has 20 heavy (non-hydrogen) atoms. The van der Waals surface area contributed by atoms with Crippen molar-refractivity contribution in [3.8, 4) is 11.5 Å². The van der Waals surface area contributed by atoms with Gasteiger partial charge in [-0.3, -0.25) is 0 Å². The number of ether oxygens (including phenoxy) is 1. The average Bonchev–Trinajstić information content (AvgIpc) is 2.50. The lowest BCUT2D eigenvalue weighted by molar-refractivity contribution is 0.446. The van der Waals surface area contributed by atoms with Crippen LogP contribution in [0.2, 0.25) is 0 Å². The molecule has 3 heteroatoms. The lowest BCUT2D eigenvalue weighted by Crippen LogP contribution is -1.98. The van der Waals surface area contributed by atoms with Gasteiger partial charge in [-0.15, -0.1) is 0 Å². The van der Waals surface area contributed by atoms with E-state index in [2.05, 4.69) is 0 Å². The van der Waals surface area contributed by atoms with Crippen LogP contribution in [-0.2, 0) is 6.54 Å². The number of para-hydroxylation sites is 1. The van der Waals surface area contributed by atoms with Crippen molar-refractivity contribution in [1.82, 2.24) is 0 Å². The van der Waals surface area contributed by atoms with Gasteiger partial charge in [0.15, 0.2) is 11.6 Å². The normalized spacial score (nSPS) is 10.7. The Kier molecular flexibility index (Phi) is 3.35. The Labute approximate surface area is 116 Å². The smallest absolute Gasteiger partial charge is 0.165 e. The summed E-state index contributed by atoms with van der Waals surface area (Å²) in [6, 6.07) is 17.9. The molecule has 0 bridgehead atoms. The van der Waals surface area contributed by atoms with Crippen LogP contribution in [0.5, 0.6) is 11.5 Å². The van der Waals surface area contributed by atoms with Crippen LogP contribution >= 0.6 is 0 Å². The fourth-order valence-electron chi connectivity index (χ4n) is 2.25. The number of nitrogens with two attached hydrogens (primary N) is 1. The maximum Gasteiger partial charge on any atom is 0.165 e. The predicted octanol–water partition coefficient (Wildman–Crippen LogP) is 4.23. The molecule has 0 aliphatic carbocycles. The minimum Gasteiger partial charge on any atom is -0.454 e. The number of fused-ring (bicyclic) bond motifs is 1. The molecule has 2 nitrogen and oxygen atoms in total. The van der Waals surface area contributed by atoms with Crippen LogP contribution in [0.3, 0.4) is 0 Å². The zero-order chi connectivity index (χ0) is 13.9. The summed E-state index contributed by atoms with van der Waals surface area (Å²) in [4.78, 5) is 0. The van der Waals surface area contributed by atoms with E-state index in [-0.39, 0.29) is 11.6 Å². The molecule has 100 valence electrons. The second kappa shape index (κ2) is 5.31. The van der Waals surface area contributed by atoms with Crippen molar-refractivity contribution in [1.29, 1.82) is 0 Å². The maximum atomic E-state index is 13.7. The van der Waals surface area contributed by atoms with Crippen molar-refractivity contribution < 1.29 is 9.13 Å². The molecular weight excluding hydrogens is 253 g/mol. The van der Waals surface area contributed by atoms with Crippen molar-refractivity contribution in [2.24, 2.45) is 5.73 Å². The van der Waals surface area contributed by atoms with Gasteiger partial charge in [-0.05, 0) is 29.1 Å². The minimum absolute atomic E-state index is 0.221. The monoisotopic (exact) mass is 267 g/mol. The minimum atomic E-state index is -0.375. The van der Waals surface area contributed by atoms with Gasteiger partial charge in [-0.1, -0.05) is 42.5 Å². The summed E-state index contributed by atoms with van der Waals surface area (Å²) in [5.41, 5.74) is 6.78. The van der Waals surface area contributed by atoms with Crippen molar-refractivity contribution in [3.05, 3.63) is 72.0 Å². The number of hydrogen-bond donors (Lipinski definition) is 1. The van der Waals surface area contributed by atoms with E-state index in [0.717, 1.165) is 16.3 Å². The third-order valence-electron chi connectivity index (χ3n) is 3.25. The first-order valence-electron chi connectivity index (χ1n) is 6.42. The first-order valence-corrected chi connectivity index (χ1v) is 6.42. The number of halogens is 1. The molecule has 0 aliphatic rings. The maximum absolute atomic E-state index is 13.7. The zero-order valence-electron chi connectivity index (χ0n) is 10.8. The SMILES string of the molecule is NCc1ccc(Oc2ccccc2F)c2ccccc12. The third kappa shape index (κ3) is 2.24. The van der Waals surface area contributed by atoms with Gasteiger partial charge in [-0.25, -0.2) is 4.39 Å². The van der Waals surface area contributed by atoms with Crippen LogP contribution in [0.15, 0.2) is 60.7 Å². The molecule has 0 aliphatic heterocycles. The third-order valence-corrected chi connectivity index (χ3v) is 3.25. The van der Waals surface area contributed by atoms with E-state index in [1.165, 1.54) is 6.07 Å². The first-order chi connectivity index (χ1) is 9.79. The molecule has 0 saturated carbocycles. The molecule has 0 radical (unpaired) electrons. The molecule has 0 spiro atoms. The summed E-state index contributed by atoms with van der Waals surface area (Å²) in [5.74, 6) is 0.473. The second-order valence-corrected chi connectivity index (χ2v) is 4.51. The average molecular weight is 267 g/mol. The van der Waals surface area contributed by atoms with E-state index in [1.54, 1.807) is 18.2 Å². The van der Waals surface area contributed by atoms with E-state index >= 15 is 0 Å². The largest absolute Gasteiger partial charge is 0.454 e. The number of hydrogen-bond acceptors (Lipinski definition) is 2. The molecule has 0 atom stereocenters. The van der Waals surface area contributed by atoms with Crippen molar-refractivity contribution >= 4 is 10.8 Å². The zero-order valence-corrected chi connectivity index (χ0v) is 10.8. The fourth-order valence-corrected chi connectivity index (χ4v) is 2.25. The van der Waals surface area contributed by atoms with Crippen molar-refractivity contribution in [2.45, 2.75) is 6.54 Å². The van der Waals surface area contributed by atoms with Crippen LogP contribution in [0.25, 0.3) is 10.8 Å². The van der Waals surface area contributed by atoms with Gasteiger partial charge in [-0.2, -0.15) is 0 Å². The van der Waals surface area contributed by atoms with Gasteiger partial charge in [0.1, 0.15) is 5.75 Å². The molecule has 0 saturated heterocycles.